The van der Waals surface area contributed by atoms with Crippen molar-refractivity contribution >= 4 is 21.6 Å². The van der Waals surface area contributed by atoms with E-state index in [4.69, 9.17) is 0 Å². The summed E-state index contributed by atoms with van der Waals surface area (Å²) >= 11 is 0. The van der Waals surface area contributed by atoms with Crippen LogP contribution in [0, 0.1) is 5.92 Å². The van der Waals surface area contributed by atoms with E-state index in [1.165, 1.54) is 12.3 Å². The molecule has 0 saturated heterocycles. The first-order valence-electron chi connectivity index (χ1n) is 6.27. The summed E-state index contributed by atoms with van der Waals surface area (Å²) in [5.41, 5.74) is 0. The second-order valence-electron chi connectivity index (χ2n) is 4.81. The quantitative estimate of drug-likeness (QED) is 0.772. The number of pyridine rings is 1. The number of ether oxygens (including phenoxy) is 1. The Morgan fingerprint density at radius 3 is 2.71 bits per heavy atom. The number of carbonyl (C=O) groups excluding carboxylic acids is 2. The summed E-state index contributed by atoms with van der Waals surface area (Å²) in [4.78, 5) is 26.4. The van der Waals surface area contributed by atoms with Crippen molar-refractivity contribution in [1.82, 2.24) is 4.98 Å². The average Bonchev–Trinajstić information content (AvgIpc) is 2.93. The highest BCUT2D eigenvalue weighted by Crippen LogP contribution is 2.42. The summed E-state index contributed by atoms with van der Waals surface area (Å²) in [5.74, 6) is -3.03. The third-order valence-corrected chi connectivity index (χ3v) is 5.71. The van der Waals surface area contributed by atoms with Gasteiger partial charge in [0.25, 0.3) is 0 Å². The van der Waals surface area contributed by atoms with Gasteiger partial charge in [-0.05, 0) is 18.6 Å². The molecule has 6 nitrogen and oxygen atoms in total. The zero-order valence-corrected chi connectivity index (χ0v) is 12.1. The predicted molar refractivity (Wildman–Crippen MR) is 69.6 cm³/mol. The van der Waals surface area contributed by atoms with E-state index < -0.39 is 31.6 Å². The number of nitrogens with zero attached hydrogens (tertiary/aromatic N) is 1. The van der Waals surface area contributed by atoms with Crippen molar-refractivity contribution in [2.24, 2.45) is 5.92 Å². The van der Waals surface area contributed by atoms with Gasteiger partial charge in [0.1, 0.15) is 5.78 Å². The number of esters is 1. The van der Waals surface area contributed by atoms with Gasteiger partial charge in [-0.25, -0.2) is 17.6 Å². The molecule has 0 radical (unpaired) electrons. The number of Topliss-reactive ketones (excluding diaryl/α,β-unsaturated/α-hetero) is 1. The van der Waals surface area contributed by atoms with Gasteiger partial charge in [-0.2, -0.15) is 0 Å². The van der Waals surface area contributed by atoms with Gasteiger partial charge in [0.2, 0.25) is 9.84 Å². The Morgan fingerprint density at radius 2 is 2.24 bits per heavy atom. The van der Waals surface area contributed by atoms with Crippen molar-refractivity contribution in [3.05, 3.63) is 24.5 Å². The molecule has 114 valence electrons. The molecule has 0 bridgehead atoms. The van der Waals surface area contributed by atoms with Crippen LogP contribution in [-0.4, -0.2) is 37.3 Å². The molecule has 1 aromatic rings. The summed E-state index contributed by atoms with van der Waals surface area (Å²) in [7, 11) is -3.77. The maximum Gasteiger partial charge on any atom is 0.360 e. The number of sulfone groups is 1. The highest BCUT2D eigenvalue weighted by atomic mass is 32.2. The molecule has 0 amide bonds. The molecule has 2 atom stereocenters. The number of carbonyl (C=O) groups is 2. The largest absolute Gasteiger partial charge is 0.466 e. The molecule has 0 aliphatic heterocycles. The summed E-state index contributed by atoms with van der Waals surface area (Å²) in [6, 6.07) is 2.47. The SMILES string of the molecule is COC(=O)C(F)(C1CCC(=O)C1)S(=O)(=O)c1cccnc1. The normalized spacial score (nSPS) is 21.8. The van der Waals surface area contributed by atoms with Crippen molar-refractivity contribution < 1.29 is 27.1 Å². The second-order valence-corrected chi connectivity index (χ2v) is 6.88. The first kappa shape index (κ1) is 15.6. The molecule has 1 aromatic heterocycles. The maximum atomic E-state index is 15.3. The molecule has 21 heavy (non-hydrogen) atoms. The number of alkyl halides is 1. The van der Waals surface area contributed by atoms with E-state index >= 15 is 4.39 Å². The van der Waals surface area contributed by atoms with Crippen LogP contribution in [0.1, 0.15) is 19.3 Å². The van der Waals surface area contributed by atoms with Crippen molar-refractivity contribution in [1.29, 1.82) is 0 Å². The van der Waals surface area contributed by atoms with Crippen LogP contribution in [0.3, 0.4) is 0 Å². The number of hydrogen-bond acceptors (Lipinski definition) is 6. The monoisotopic (exact) mass is 315 g/mol. The third-order valence-electron chi connectivity index (χ3n) is 3.57. The van der Waals surface area contributed by atoms with E-state index in [0.717, 1.165) is 19.4 Å². The molecule has 2 unspecified atom stereocenters. The van der Waals surface area contributed by atoms with Gasteiger partial charge in [-0.1, -0.05) is 0 Å². The second kappa shape index (κ2) is 5.51. The van der Waals surface area contributed by atoms with Gasteiger partial charge in [0, 0.05) is 31.2 Å². The molecular weight excluding hydrogens is 301 g/mol. The first-order valence-corrected chi connectivity index (χ1v) is 7.76. The Kier molecular flexibility index (Phi) is 4.08. The van der Waals surface area contributed by atoms with E-state index in [0.29, 0.717) is 0 Å². The minimum absolute atomic E-state index is 0.00999. The highest BCUT2D eigenvalue weighted by Gasteiger charge is 2.60. The number of ketones is 1. The van der Waals surface area contributed by atoms with E-state index in [9.17, 15) is 18.0 Å². The van der Waals surface area contributed by atoms with Crippen molar-refractivity contribution in [2.45, 2.75) is 29.2 Å². The number of rotatable bonds is 4. The summed E-state index contributed by atoms with van der Waals surface area (Å²) in [6.45, 7) is 0. The van der Waals surface area contributed by atoms with Crippen LogP contribution in [-0.2, 0) is 24.2 Å². The zero-order chi connectivity index (χ0) is 15.7. The molecule has 1 heterocycles. The molecule has 8 heteroatoms. The Hall–Kier alpha value is -1.83. The van der Waals surface area contributed by atoms with Crippen molar-refractivity contribution in [3.63, 3.8) is 0 Å². The number of hydrogen-bond donors (Lipinski definition) is 0. The minimum Gasteiger partial charge on any atom is -0.466 e. The molecule has 0 N–H and O–H groups in total. The molecule has 1 fully saturated rings. The summed E-state index contributed by atoms with van der Waals surface area (Å²) in [5, 5.41) is -3.28. The predicted octanol–water partition coefficient (Wildman–Crippen LogP) is 1.06. The molecule has 0 spiro atoms. The lowest BCUT2D eigenvalue weighted by Gasteiger charge is -2.27. The van der Waals surface area contributed by atoms with Gasteiger partial charge in [0.15, 0.2) is 0 Å². The zero-order valence-electron chi connectivity index (χ0n) is 11.3. The van der Waals surface area contributed by atoms with E-state index in [-0.39, 0.29) is 25.0 Å². The van der Waals surface area contributed by atoms with Crippen LogP contribution < -0.4 is 0 Å². The lowest BCUT2D eigenvalue weighted by Crippen LogP contribution is -2.48. The van der Waals surface area contributed by atoms with Crippen molar-refractivity contribution in [3.8, 4) is 0 Å². The molecule has 1 aliphatic carbocycles. The van der Waals surface area contributed by atoms with Crippen LogP contribution in [0.25, 0.3) is 0 Å². The lowest BCUT2D eigenvalue weighted by molar-refractivity contribution is -0.151. The van der Waals surface area contributed by atoms with Crippen LogP contribution in [0.15, 0.2) is 29.4 Å². The molecule has 0 aromatic carbocycles. The van der Waals surface area contributed by atoms with Gasteiger partial charge < -0.3 is 4.74 Å². The number of aromatic nitrogens is 1. The number of halogens is 1. The van der Waals surface area contributed by atoms with E-state index in [1.807, 2.05) is 0 Å². The highest BCUT2D eigenvalue weighted by molar-refractivity contribution is 7.93. The number of methoxy groups -OCH3 is 1. The summed E-state index contributed by atoms with van der Waals surface area (Å²) in [6.07, 6.45) is 2.03. The fraction of sp³-hybridized carbons (Fsp3) is 0.462. The van der Waals surface area contributed by atoms with Crippen LogP contribution in [0.5, 0.6) is 0 Å². The Labute approximate surface area is 121 Å². The van der Waals surface area contributed by atoms with E-state index in [2.05, 4.69) is 9.72 Å². The third kappa shape index (κ3) is 2.44. The van der Waals surface area contributed by atoms with Crippen LogP contribution in [0.2, 0.25) is 0 Å². The standard InChI is InChI=1S/C13H14FNO5S/c1-20-12(17)13(14,9-4-5-10(16)7-9)21(18,19)11-3-2-6-15-8-11/h2-3,6,8-9H,4-5,7H2,1H3. The molecule has 2 rings (SSSR count). The summed E-state index contributed by atoms with van der Waals surface area (Å²) < 4.78 is 44.7. The van der Waals surface area contributed by atoms with Gasteiger partial charge in [-0.3, -0.25) is 9.78 Å². The van der Waals surface area contributed by atoms with Crippen LogP contribution in [0.4, 0.5) is 4.39 Å². The average molecular weight is 315 g/mol. The van der Waals surface area contributed by atoms with E-state index in [1.54, 1.807) is 0 Å². The first-order chi connectivity index (χ1) is 9.84. The van der Waals surface area contributed by atoms with Gasteiger partial charge in [0.05, 0.1) is 12.0 Å². The topological polar surface area (TPSA) is 90.4 Å². The van der Waals surface area contributed by atoms with Crippen molar-refractivity contribution in [2.75, 3.05) is 7.11 Å². The van der Waals surface area contributed by atoms with Gasteiger partial charge >= 0.3 is 11.0 Å². The van der Waals surface area contributed by atoms with Gasteiger partial charge in [-0.15, -0.1) is 0 Å². The molecule has 1 aliphatic rings. The fourth-order valence-corrected chi connectivity index (χ4v) is 4.19. The Morgan fingerprint density at radius 1 is 1.52 bits per heavy atom. The fourth-order valence-electron chi connectivity index (χ4n) is 2.44. The maximum absolute atomic E-state index is 15.3. The Bertz CT molecular complexity index is 660. The molecule has 1 saturated carbocycles. The minimum atomic E-state index is -4.67. The lowest BCUT2D eigenvalue weighted by atomic mass is 10.0. The smallest absolute Gasteiger partial charge is 0.360 e. The Balaban J connectivity index is 2.55. The van der Waals surface area contributed by atoms with Crippen LogP contribution >= 0.6 is 0 Å². The molecular formula is C13H14FNO5S.